The molecule has 0 aromatic heterocycles. The van der Waals surface area contributed by atoms with E-state index in [4.69, 9.17) is 4.99 Å². The molecule has 0 bridgehead atoms. The number of hydrogen-bond acceptors (Lipinski definition) is 2. The Hall–Kier alpha value is -0.100. The summed E-state index contributed by atoms with van der Waals surface area (Å²) in [4.78, 5) is 4.75. The molecule has 1 aliphatic rings. The zero-order valence-corrected chi connectivity index (χ0v) is 12.2. The summed E-state index contributed by atoms with van der Waals surface area (Å²) in [5.74, 6) is 0. The summed E-state index contributed by atoms with van der Waals surface area (Å²) in [6.07, 6.45) is 0. The molecule has 1 unspecified atom stereocenters. The first-order valence-electron chi connectivity index (χ1n) is 5.50. The number of nitrogens with zero attached hydrogens (tertiary/aromatic N) is 1. The summed E-state index contributed by atoms with van der Waals surface area (Å²) in [7, 11) is -2.25. The van der Waals surface area contributed by atoms with E-state index in [1.165, 1.54) is 0 Å². The third-order valence-electron chi connectivity index (χ3n) is 5.09. The van der Waals surface area contributed by atoms with Gasteiger partial charge in [0.25, 0.3) is 0 Å². The lowest BCUT2D eigenvalue weighted by atomic mass is 9.64. The molecule has 1 aliphatic heterocycles. The summed E-state index contributed by atoms with van der Waals surface area (Å²) < 4.78 is 12.5. The Morgan fingerprint density at radius 3 is 1.60 bits per heavy atom. The van der Waals surface area contributed by atoms with E-state index in [1.807, 2.05) is 20.3 Å². The fourth-order valence-corrected chi connectivity index (χ4v) is 4.46. The highest BCUT2D eigenvalue weighted by Gasteiger charge is 2.61. The van der Waals surface area contributed by atoms with Crippen molar-refractivity contribution in [3.05, 3.63) is 0 Å². The van der Waals surface area contributed by atoms with E-state index in [0.29, 0.717) is 0 Å². The lowest BCUT2D eigenvalue weighted by molar-refractivity contribution is 0.154. The molecule has 2 nitrogen and oxygen atoms in total. The fourth-order valence-electron chi connectivity index (χ4n) is 2.44. The molecule has 15 heavy (non-hydrogen) atoms. The summed E-state index contributed by atoms with van der Waals surface area (Å²) in [5, 5.41) is -0.423. The summed E-state index contributed by atoms with van der Waals surface area (Å²) in [6.45, 7) is 16.6. The maximum Gasteiger partial charge on any atom is 0.116 e. The average Bonchev–Trinajstić information content (AvgIpc) is 2.10. The predicted molar refractivity (Wildman–Crippen MR) is 68.5 cm³/mol. The maximum absolute atomic E-state index is 12.5. The van der Waals surface area contributed by atoms with Gasteiger partial charge in [-0.25, -0.2) is 0 Å². The third kappa shape index (κ3) is 1.37. The Balaban J connectivity index is 3.46. The number of rotatable bonds is 1. The molecule has 0 aliphatic carbocycles. The van der Waals surface area contributed by atoms with Crippen LogP contribution in [0.2, 0.25) is 0 Å². The molecule has 0 fully saturated rings. The standard InChI is InChI=1S/C12H24NOP/c1-9-10(2,3)11(4,5)12(6,13-9)15(7,8)14/h1-8H3. The third-order valence-corrected chi connectivity index (χ3v) is 7.84. The Morgan fingerprint density at radius 2 is 1.47 bits per heavy atom. The molecule has 0 N–H and O–H groups in total. The van der Waals surface area contributed by atoms with Crippen LogP contribution in [-0.4, -0.2) is 24.3 Å². The summed E-state index contributed by atoms with van der Waals surface area (Å²) >= 11 is 0. The second-order valence-electron chi connectivity index (χ2n) is 6.32. The van der Waals surface area contributed by atoms with Crippen molar-refractivity contribution in [1.29, 1.82) is 0 Å². The first-order chi connectivity index (χ1) is 6.38. The maximum atomic E-state index is 12.5. The normalized spacial score (nSPS) is 34.0. The van der Waals surface area contributed by atoms with Crippen molar-refractivity contribution in [2.45, 2.75) is 46.8 Å². The van der Waals surface area contributed by atoms with Crippen molar-refractivity contribution in [2.75, 3.05) is 13.3 Å². The average molecular weight is 229 g/mol. The topological polar surface area (TPSA) is 29.4 Å². The van der Waals surface area contributed by atoms with Crippen molar-refractivity contribution < 1.29 is 4.57 Å². The van der Waals surface area contributed by atoms with Gasteiger partial charge in [-0.05, 0) is 27.2 Å². The van der Waals surface area contributed by atoms with Gasteiger partial charge in [0.05, 0.1) is 0 Å². The molecule has 0 radical (unpaired) electrons. The first-order valence-corrected chi connectivity index (χ1v) is 8.10. The molecule has 1 heterocycles. The summed E-state index contributed by atoms with van der Waals surface area (Å²) in [6, 6.07) is 0. The van der Waals surface area contributed by atoms with Crippen LogP contribution < -0.4 is 0 Å². The van der Waals surface area contributed by atoms with E-state index in [1.54, 1.807) is 0 Å². The van der Waals surface area contributed by atoms with Crippen molar-refractivity contribution in [3.63, 3.8) is 0 Å². The van der Waals surface area contributed by atoms with Crippen LogP contribution in [0.4, 0.5) is 0 Å². The summed E-state index contributed by atoms with van der Waals surface area (Å²) in [5.41, 5.74) is 1.07. The highest BCUT2D eigenvalue weighted by Crippen LogP contribution is 2.68. The van der Waals surface area contributed by atoms with Crippen LogP contribution in [0.3, 0.4) is 0 Å². The lowest BCUT2D eigenvalue weighted by Crippen LogP contribution is -2.45. The van der Waals surface area contributed by atoms with Gasteiger partial charge < -0.3 is 4.57 Å². The Morgan fingerprint density at radius 1 is 1.07 bits per heavy atom. The van der Waals surface area contributed by atoms with Gasteiger partial charge in [-0.1, -0.05) is 27.7 Å². The van der Waals surface area contributed by atoms with Crippen molar-refractivity contribution in [1.82, 2.24) is 0 Å². The Kier molecular flexibility index (Phi) is 2.57. The van der Waals surface area contributed by atoms with Crippen molar-refractivity contribution in [2.24, 2.45) is 15.8 Å². The van der Waals surface area contributed by atoms with Gasteiger partial charge in [0.1, 0.15) is 12.4 Å². The zero-order valence-electron chi connectivity index (χ0n) is 11.3. The molecule has 0 aromatic rings. The van der Waals surface area contributed by atoms with Crippen LogP contribution in [0.15, 0.2) is 4.99 Å². The molecule has 0 amide bonds. The van der Waals surface area contributed by atoms with Gasteiger partial charge in [0, 0.05) is 16.5 Å². The van der Waals surface area contributed by atoms with E-state index in [-0.39, 0.29) is 10.8 Å². The van der Waals surface area contributed by atoms with Crippen molar-refractivity contribution in [3.8, 4) is 0 Å². The second kappa shape index (κ2) is 2.97. The highest BCUT2D eigenvalue weighted by atomic mass is 31.2. The Bertz CT molecular complexity index is 362. The van der Waals surface area contributed by atoms with Crippen LogP contribution in [0, 0.1) is 10.8 Å². The van der Waals surface area contributed by atoms with E-state index in [2.05, 4.69) is 34.6 Å². The number of hydrogen-bond donors (Lipinski definition) is 0. The molecule has 1 atom stereocenters. The molecule has 1 rings (SSSR count). The highest BCUT2D eigenvalue weighted by molar-refractivity contribution is 7.64. The predicted octanol–water partition coefficient (Wildman–Crippen LogP) is 3.85. The molecule has 88 valence electrons. The van der Waals surface area contributed by atoms with Gasteiger partial charge in [-0.3, -0.25) is 4.99 Å². The SMILES string of the molecule is CC1=NC(C)(P(C)(C)=O)C(C)(C)C1(C)C. The largest absolute Gasteiger partial charge is 0.322 e. The number of aliphatic imine (C=N–C) groups is 1. The van der Waals surface area contributed by atoms with Crippen LogP contribution >= 0.6 is 7.14 Å². The van der Waals surface area contributed by atoms with E-state index < -0.39 is 12.4 Å². The zero-order chi connectivity index (χ0) is 12.3. The van der Waals surface area contributed by atoms with Crippen LogP contribution in [0.5, 0.6) is 0 Å². The van der Waals surface area contributed by atoms with E-state index >= 15 is 0 Å². The molecule has 0 aromatic carbocycles. The van der Waals surface area contributed by atoms with Gasteiger partial charge in [-0.2, -0.15) is 0 Å². The smallest absolute Gasteiger partial charge is 0.116 e. The van der Waals surface area contributed by atoms with Crippen LogP contribution in [0.25, 0.3) is 0 Å². The minimum Gasteiger partial charge on any atom is -0.322 e. The second-order valence-corrected chi connectivity index (χ2v) is 9.89. The minimum absolute atomic E-state index is 0.0173. The molecule has 0 saturated heterocycles. The van der Waals surface area contributed by atoms with Crippen molar-refractivity contribution >= 4 is 12.9 Å². The first kappa shape index (κ1) is 13.0. The van der Waals surface area contributed by atoms with Gasteiger partial charge in [0.15, 0.2) is 0 Å². The van der Waals surface area contributed by atoms with E-state index in [0.717, 1.165) is 5.71 Å². The fraction of sp³-hybridized carbons (Fsp3) is 0.917. The minimum atomic E-state index is -2.25. The molecule has 0 saturated carbocycles. The molecule has 0 spiro atoms. The lowest BCUT2D eigenvalue weighted by Gasteiger charge is -2.46. The monoisotopic (exact) mass is 229 g/mol. The van der Waals surface area contributed by atoms with Gasteiger partial charge >= 0.3 is 0 Å². The molecular formula is C12H24NOP. The van der Waals surface area contributed by atoms with E-state index in [9.17, 15) is 4.57 Å². The quantitative estimate of drug-likeness (QED) is 0.628. The van der Waals surface area contributed by atoms with Crippen LogP contribution in [-0.2, 0) is 4.57 Å². The molecule has 3 heteroatoms. The van der Waals surface area contributed by atoms with Crippen LogP contribution in [0.1, 0.15) is 41.5 Å². The van der Waals surface area contributed by atoms with Gasteiger partial charge in [-0.15, -0.1) is 0 Å². The van der Waals surface area contributed by atoms with Gasteiger partial charge in [0.2, 0.25) is 0 Å². The Labute approximate surface area is 93.9 Å². The molecular weight excluding hydrogens is 205 g/mol.